The van der Waals surface area contributed by atoms with Crippen LogP contribution < -0.4 is 14.8 Å². The lowest BCUT2D eigenvalue weighted by atomic mass is 10.2. The lowest BCUT2D eigenvalue weighted by Gasteiger charge is -2.13. The van der Waals surface area contributed by atoms with Crippen molar-refractivity contribution in [2.45, 2.75) is 6.54 Å². The zero-order valence-electron chi connectivity index (χ0n) is 11.1. The predicted molar refractivity (Wildman–Crippen MR) is 81.1 cm³/mol. The molecule has 0 aliphatic rings. The Morgan fingerprint density at radius 2 is 1.95 bits per heavy atom. The highest BCUT2D eigenvalue weighted by molar-refractivity contribution is 6.33. The standard InChI is InChI=1S/C14H14Cl2N2O2/c1-19-13-6-9(5-11(16)14(13)20-2)7-18-12-8-17-4-3-10(12)15/h3-6,8,18H,7H2,1-2H3. The normalized spacial score (nSPS) is 10.2. The van der Waals surface area contributed by atoms with Crippen LogP contribution in [0.15, 0.2) is 30.6 Å². The summed E-state index contributed by atoms with van der Waals surface area (Å²) in [4.78, 5) is 4.02. The van der Waals surface area contributed by atoms with Crippen LogP contribution >= 0.6 is 23.2 Å². The molecule has 106 valence electrons. The van der Waals surface area contributed by atoms with Gasteiger partial charge in [-0.15, -0.1) is 0 Å². The van der Waals surface area contributed by atoms with Crippen molar-refractivity contribution in [3.05, 3.63) is 46.2 Å². The topological polar surface area (TPSA) is 43.4 Å². The third kappa shape index (κ3) is 3.26. The van der Waals surface area contributed by atoms with Gasteiger partial charge in [0.2, 0.25) is 0 Å². The third-order valence-corrected chi connectivity index (χ3v) is 3.35. The Bertz CT molecular complexity index is 606. The summed E-state index contributed by atoms with van der Waals surface area (Å²) in [6, 6.07) is 5.41. The van der Waals surface area contributed by atoms with Gasteiger partial charge in [0.15, 0.2) is 11.5 Å². The fourth-order valence-electron chi connectivity index (χ4n) is 1.78. The van der Waals surface area contributed by atoms with Gasteiger partial charge in [-0.2, -0.15) is 0 Å². The zero-order valence-corrected chi connectivity index (χ0v) is 12.6. The van der Waals surface area contributed by atoms with Gasteiger partial charge in [-0.25, -0.2) is 0 Å². The second-order valence-corrected chi connectivity index (χ2v) is 4.84. The van der Waals surface area contributed by atoms with E-state index in [1.807, 2.05) is 12.1 Å². The van der Waals surface area contributed by atoms with E-state index in [2.05, 4.69) is 10.3 Å². The number of aromatic nitrogens is 1. The minimum atomic E-state index is 0.501. The first-order valence-electron chi connectivity index (χ1n) is 5.89. The Balaban J connectivity index is 2.18. The van der Waals surface area contributed by atoms with Crippen LogP contribution in [-0.2, 0) is 6.54 Å². The zero-order chi connectivity index (χ0) is 14.5. The monoisotopic (exact) mass is 312 g/mol. The maximum atomic E-state index is 6.16. The lowest BCUT2D eigenvalue weighted by molar-refractivity contribution is 0.355. The summed E-state index contributed by atoms with van der Waals surface area (Å²) in [6.07, 6.45) is 3.31. The Kier molecular flexibility index (Phi) is 4.93. The van der Waals surface area contributed by atoms with Gasteiger partial charge in [-0.05, 0) is 23.8 Å². The van der Waals surface area contributed by atoms with Crippen molar-refractivity contribution in [2.24, 2.45) is 0 Å². The summed E-state index contributed by atoms with van der Waals surface area (Å²) in [5.74, 6) is 1.12. The Labute approximate surface area is 127 Å². The molecule has 0 spiro atoms. The molecule has 1 N–H and O–H groups in total. The van der Waals surface area contributed by atoms with Crippen molar-refractivity contribution in [2.75, 3.05) is 19.5 Å². The van der Waals surface area contributed by atoms with E-state index in [4.69, 9.17) is 32.7 Å². The summed E-state index contributed by atoms with van der Waals surface area (Å²) in [7, 11) is 3.13. The quantitative estimate of drug-likeness (QED) is 0.905. The summed E-state index contributed by atoms with van der Waals surface area (Å²) in [5, 5.41) is 4.31. The maximum absolute atomic E-state index is 6.16. The van der Waals surface area contributed by atoms with Crippen molar-refractivity contribution in [3.8, 4) is 11.5 Å². The van der Waals surface area contributed by atoms with E-state index in [-0.39, 0.29) is 0 Å². The van der Waals surface area contributed by atoms with E-state index < -0.39 is 0 Å². The number of hydrogen-bond acceptors (Lipinski definition) is 4. The average Bonchev–Trinajstić information content (AvgIpc) is 2.45. The van der Waals surface area contributed by atoms with Gasteiger partial charge < -0.3 is 14.8 Å². The second kappa shape index (κ2) is 6.68. The molecular formula is C14H14Cl2N2O2. The molecule has 1 heterocycles. The number of rotatable bonds is 5. The second-order valence-electron chi connectivity index (χ2n) is 4.02. The fraction of sp³-hybridized carbons (Fsp3) is 0.214. The van der Waals surface area contributed by atoms with Gasteiger partial charge in [0.25, 0.3) is 0 Å². The highest BCUT2D eigenvalue weighted by atomic mass is 35.5. The van der Waals surface area contributed by atoms with Crippen LogP contribution in [0.2, 0.25) is 10.0 Å². The van der Waals surface area contributed by atoms with Crippen molar-refractivity contribution in [1.82, 2.24) is 4.98 Å². The number of pyridine rings is 1. The summed E-state index contributed by atoms with van der Waals surface area (Å²) in [5.41, 5.74) is 1.72. The number of nitrogens with one attached hydrogen (secondary N) is 1. The highest BCUT2D eigenvalue weighted by Crippen LogP contribution is 2.36. The Morgan fingerprint density at radius 3 is 2.60 bits per heavy atom. The van der Waals surface area contributed by atoms with E-state index in [1.54, 1.807) is 32.7 Å². The molecule has 1 aromatic carbocycles. The van der Waals surface area contributed by atoms with Crippen LogP contribution in [0, 0.1) is 0 Å². The molecule has 0 atom stereocenters. The van der Waals surface area contributed by atoms with Crippen LogP contribution in [0.3, 0.4) is 0 Å². The molecule has 2 aromatic rings. The molecule has 0 aliphatic carbocycles. The molecule has 0 fully saturated rings. The smallest absolute Gasteiger partial charge is 0.179 e. The first kappa shape index (κ1) is 14.8. The third-order valence-electron chi connectivity index (χ3n) is 2.74. The van der Waals surface area contributed by atoms with E-state index in [1.165, 1.54) is 0 Å². The number of nitrogens with zero attached hydrogens (tertiary/aromatic N) is 1. The molecule has 0 radical (unpaired) electrons. The van der Waals surface area contributed by atoms with Crippen molar-refractivity contribution in [1.29, 1.82) is 0 Å². The molecule has 0 aliphatic heterocycles. The molecule has 0 unspecified atom stereocenters. The summed E-state index contributed by atoms with van der Waals surface area (Å²) in [6.45, 7) is 0.547. The van der Waals surface area contributed by atoms with Gasteiger partial charge in [-0.3, -0.25) is 4.98 Å². The fourth-order valence-corrected chi connectivity index (χ4v) is 2.26. The molecule has 1 aromatic heterocycles. The highest BCUT2D eigenvalue weighted by Gasteiger charge is 2.11. The lowest BCUT2D eigenvalue weighted by Crippen LogP contribution is -2.02. The molecule has 0 amide bonds. The Hall–Kier alpha value is -1.65. The molecule has 0 saturated carbocycles. The first-order chi connectivity index (χ1) is 9.65. The molecule has 0 bridgehead atoms. The molecule has 4 nitrogen and oxygen atoms in total. The minimum Gasteiger partial charge on any atom is -0.493 e. The van der Waals surface area contributed by atoms with Crippen LogP contribution in [0.1, 0.15) is 5.56 Å². The van der Waals surface area contributed by atoms with E-state index in [9.17, 15) is 0 Å². The number of anilines is 1. The van der Waals surface area contributed by atoms with Gasteiger partial charge in [0, 0.05) is 12.7 Å². The molecular weight excluding hydrogens is 299 g/mol. The van der Waals surface area contributed by atoms with Crippen molar-refractivity contribution in [3.63, 3.8) is 0 Å². The first-order valence-corrected chi connectivity index (χ1v) is 6.65. The van der Waals surface area contributed by atoms with E-state index >= 15 is 0 Å². The van der Waals surface area contributed by atoms with Gasteiger partial charge in [0.05, 0.1) is 36.1 Å². The minimum absolute atomic E-state index is 0.501. The summed E-state index contributed by atoms with van der Waals surface area (Å²) >= 11 is 12.2. The largest absolute Gasteiger partial charge is 0.493 e. The van der Waals surface area contributed by atoms with Gasteiger partial charge >= 0.3 is 0 Å². The molecule has 2 rings (SSSR count). The molecule has 0 saturated heterocycles. The Morgan fingerprint density at radius 1 is 1.15 bits per heavy atom. The van der Waals surface area contributed by atoms with Crippen LogP contribution in [0.4, 0.5) is 5.69 Å². The maximum Gasteiger partial charge on any atom is 0.179 e. The molecule has 20 heavy (non-hydrogen) atoms. The van der Waals surface area contributed by atoms with Crippen LogP contribution in [0.5, 0.6) is 11.5 Å². The number of ether oxygens (including phenoxy) is 2. The SMILES string of the molecule is COc1cc(CNc2cnccc2Cl)cc(Cl)c1OC. The molecule has 6 heteroatoms. The van der Waals surface area contributed by atoms with Gasteiger partial charge in [-0.1, -0.05) is 23.2 Å². The van der Waals surface area contributed by atoms with E-state index in [0.717, 1.165) is 11.3 Å². The number of halogens is 2. The predicted octanol–water partition coefficient (Wildman–Crippen LogP) is 4.02. The number of benzene rings is 1. The number of hydrogen-bond donors (Lipinski definition) is 1. The van der Waals surface area contributed by atoms with Crippen LogP contribution in [0.25, 0.3) is 0 Å². The summed E-state index contributed by atoms with van der Waals surface area (Å²) < 4.78 is 10.5. The van der Waals surface area contributed by atoms with Crippen molar-refractivity contribution >= 4 is 28.9 Å². The van der Waals surface area contributed by atoms with Gasteiger partial charge in [0.1, 0.15) is 0 Å². The van der Waals surface area contributed by atoms with Crippen molar-refractivity contribution < 1.29 is 9.47 Å². The van der Waals surface area contributed by atoms with Crippen LogP contribution in [-0.4, -0.2) is 19.2 Å². The number of methoxy groups -OCH3 is 2. The average molecular weight is 313 g/mol. The van der Waals surface area contributed by atoms with E-state index in [0.29, 0.717) is 28.1 Å².